The molecule has 0 saturated heterocycles. The number of esters is 1. The standard InChI is InChI=1S/C8H13N3O4/c1-3-15-8(13)6-4-7(10-9-6)11(5-12)14-2/h4,12H,3,5H2,1-2H3,(H,9,10). The fraction of sp³-hybridized carbons (Fsp3) is 0.500. The Morgan fingerprint density at radius 3 is 3.00 bits per heavy atom. The maximum atomic E-state index is 11.2. The van der Waals surface area contributed by atoms with Gasteiger partial charge in [-0.2, -0.15) is 5.10 Å². The van der Waals surface area contributed by atoms with Gasteiger partial charge in [-0.1, -0.05) is 0 Å². The highest BCUT2D eigenvalue weighted by molar-refractivity contribution is 5.88. The fourth-order valence-electron chi connectivity index (χ4n) is 0.976. The Labute approximate surface area is 86.6 Å². The Bertz CT molecular complexity index is 321. The number of aliphatic hydroxyl groups is 1. The number of rotatable bonds is 5. The number of H-pyrrole nitrogens is 1. The Morgan fingerprint density at radius 2 is 2.47 bits per heavy atom. The highest BCUT2D eigenvalue weighted by atomic mass is 16.7. The van der Waals surface area contributed by atoms with E-state index in [1.807, 2.05) is 0 Å². The molecular formula is C8H13N3O4. The van der Waals surface area contributed by atoms with Crippen molar-refractivity contribution >= 4 is 11.8 Å². The molecule has 0 spiro atoms. The van der Waals surface area contributed by atoms with Gasteiger partial charge in [-0.05, 0) is 6.92 Å². The Hall–Kier alpha value is -1.60. The van der Waals surface area contributed by atoms with E-state index in [2.05, 4.69) is 10.2 Å². The lowest BCUT2D eigenvalue weighted by molar-refractivity contribution is 0.0519. The molecule has 0 saturated carbocycles. The van der Waals surface area contributed by atoms with Crippen molar-refractivity contribution in [2.45, 2.75) is 6.92 Å². The minimum Gasteiger partial charge on any atom is -0.461 e. The second kappa shape index (κ2) is 5.32. The van der Waals surface area contributed by atoms with Crippen molar-refractivity contribution < 1.29 is 19.5 Å². The summed E-state index contributed by atoms with van der Waals surface area (Å²) in [5, 5.41) is 16.2. The van der Waals surface area contributed by atoms with Gasteiger partial charge in [0.15, 0.2) is 5.82 Å². The third-order valence-corrected chi connectivity index (χ3v) is 1.66. The van der Waals surface area contributed by atoms with Crippen LogP contribution >= 0.6 is 0 Å². The van der Waals surface area contributed by atoms with Crippen molar-refractivity contribution in [2.75, 3.05) is 25.5 Å². The number of carbonyl (C=O) groups excluding carboxylic acids is 1. The number of nitrogens with one attached hydrogen (secondary N) is 1. The molecule has 7 nitrogen and oxygen atoms in total. The second-order valence-electron chi connectivity index (χ2n) is 2.56. The van der Waals surface area contributed by atoms with E-state index in [0.717, 1.165) is 5.06 Å². The van der Waals surface area contributed by atoms with Crippen LogP contribution in [0.4, 0.5) is 5.82 Å². The van der Waals surface area contributed by atoms with Crippen molar-refractivity contribution in [2.24, 2.45) is 0 Å². The van der Waals surface area contributed by atoms with Gasteiger partial charge in [0.2, 0.25) is 0 Å². The number of ether oxygens (including phenoxy) is 1. The number of aromatic amines is 1. The molecule has 0 radical (unpaired) electrons. The van der Waals surface area contributed by atoms with Crippen LogP contribution in [-0.4, -0.2) is 41.7 Å². The van der Waals surface area contributed by atoms with E-state index >= 15 is 0 Å². The summed E-state index contributed by atoms with van der Waals surface area (Å²) in [7, 11) is 1.38. The summed E-state index contributed by atoms with van der Waals surface area (Å²) >= 11 is 0. The zero-order valence-electron chi connectivity index (χ0n) is 8.56. The molecular weight excluding hydrogens is 202 g/mol. The number of carbonyl (C=O) groups is 1. The lowest BCUT2D eigenvalue weighted by atomic mass is 10.4. The lowest BCUT2D eigenvalue weighted by Crippen LogP contribution is -2.22. The molecule has 0 aromatic carbocycles. The molecule has 1 heterocycles. The molecule has 0 atom stereocenters. The van der Waals surface area contributed by atoms with Crippen LogP contribution in [0.2, 0.25) is 0 Å². The second-order valence-corrected chi connectivity index (χ2v) is 2.56. The van der Waals surface area contributed by atoms with E-state index in [9.17, 15) is 4.79 Å². The minimum atomic E-state index is -0.495. The molecule has 0 aliphatic carbocycles. The molecule has 15 heavy (non-hydrogen) atoms. The van der Waals surface area contributed by atoms with Crippen LogP contribution in [0.5, 0.6) is 0 Å². The molecule has 7 heteroatoms. The first-order valence-electron chi connectivity index (χ1n) is 4.38. The summed E-state index contributed by atoms with van der Waals surface area (Å²) in [6.07, 6.45) is 0. The largest absolute Gasteiger partial charge is 0.461 e. The fourth-order valence-corrected chi connectivity index (χ4v) is 0.976. The van der Waals surface area contributed by atoms with Gasteiger partial charge < -0.3 is 9.84 Å². The summed E-state index contributed by atoms with van der Waals surface area (Å²) in [4.78, 5) is 16.0. The van der Waals surface area contributed by atoms with Crippen LogP contribution in [0.15, 0.2) is 6.07 Å². The topological polar surface area (TPSA) is 87.7 Å². The maximum absolute atomic E-state index is 11.2. The van der Waals surface area contributed by atoms with Gasteiger partial charge in [-0.25, -0.2) is 9.86 Å². The molecule has 0 aliphatic rings. The zero-order chi connectivity index (χ0) is 11.3. The quantitative estimate of drug-likeness (QED) is 0.405. The summed E-state index contributed by atoms with van der Waals surface area (Å²) < 4.78 is 4.76. The number of hydrogen-bond acceptors (Lipinski definition) is 6. The van der Waals surface area contributed by atoms with Crippen LogP contribution in [0.25, 0.3) is 0 Å². The molecule has 1 aromatic heterocycles. The van der Waals surface area contributed by atoms with Gasteiger partial charge in [-0.3, -0.25) is 9.94 Å². The molecule has 0 bridgehead atoms. The zero-order valence-corrected chi connectivity index (χ0v) is 8.56. The average molecular weight is 215 g/mol. The Balaban J connectivity index is 2.75. The van der Waals surface area contributed by atoms with Crippen LogP contribution in [0, 0.1) is 0 Å². The molecule has 84 valence electrons. The summed E-state index contributed by atoms with van der Waals surface area (Å²) in [6.45, 7) is 1.65. The molecule has 1 aromatic rings. The van der Waals surface area contributed by atoms with Gasteiger partial charge in [0.1, 0.15) is 12.4 Å². The highest BCUT2D eigenvalue weighted by Gasteiger charge is 2.14. The maximum Gasteiger partial charge on any atom is 0.356 e. The molecule has 0 amide bonds. The van der Waals surface area contributed by atoms with Gasteiger partial charge in [0.25, 0.3) is 0 Å². The normalized spacial score (nSPS) is 10.1. The van der Waals surface area contributed by atoms with Crippen molar-refractivity contribution in [1.29, 1.82) is 0 Å². The Morgan fingerprint density at radius 1 is 1.73 bits per heavy atom. The SMILES string of the molecule is CCOC(=O)c1cc(N(CO)OC)n[nH]1. The van der Waals surface area contributed by atoms with Crippen LogP contribution in [0.3, 0.4) is 0 Å². The minimum absolute atomic E-state index is 0.211. The third-order valence-electron chi connectivity index (χ3n) is 1.66. The van der Waals surface area contributed by atoms with E-state index in [1.54, 1.807) is 6.92 Å². The van der Waals surface area contributed by atoms with E-state index in [4.69, 9.17) is 14.7 Å². The smallest absolute Gasteiger partial charge is 0.356 e. The summed E-state index contributed by atoms with van der Waals surface area (Å²) in [6, 6.07) is 1.43. The van der Waals surface area contributed by atoms with Gasteiger partial charge >= 0.3 is 5.97 Å². The Kier molecular flexibility index (Phi) is 4.07. The molecule has 0 unspecified atom stereocenters. The third kappa shape index (κ3) is 2.67. The van der Waals surface area contributed by atoms with E-state index in [0.29, 0.717) is 12.4 Å². The number of anilines is 1. The van der Waals surface area contributed by atoms with E-state index < -0.39 is 5.97 Å². The number of nitrogens with zero attached hydrogens (tertiary/aromatic N) is 2. The first kappa shape index (κ1) is 11.5. The van der Waals surface area contributed by atoms with Crippen molar-refractivity contribution in [1.82, 2.24) is 10.2 Å². The number of aromatic nitrogens is 2. The number of aliphatic hydroxyl groups excluding tert-OH is 1. The first-order chi connectivity index (χ1) is 7.22. The van der Waals surface area contributed by atoms with E-state index in [-0.39, 0.29) is 12.4 Å². The average Bonchev–Trinajstić information content (AvgIpc) is 2.69. The van der Waals surface area contributed by atoms with Crippen LogP contribution in [-0.2, 0) is 9.57 Å². The van der Waals surface area contributed by atoms with Crippen molar-refractivity contribution in [3.05, 3.63) is 11.8 Å². The molecule has 2 N–H and O–H groups in total. The van der Waals surface area contributed by atoms with E-state index in [1.165, 1.54) is 13.2 Å². The van der Waals surface area contributed by atoms with Gasteiger partial charge in [0, 0.05) is 6.07 Å². The predicted octanol–water partition coefficient (Wildman–Crippen LogP) is -0.0960. The first-order valence-corrected chi connectivity index (χ1v) is 4.38. The van der Waals surface area contributed by atoms with Crippen molar-refractivity contribution in [3.63, 3.8) is 0 Å². The lowest BCUT2D eigenvalue weighted by Gasteiger charge is -2.14. The van der Waals surface area contributed by atoms with Crippen molar-refractivity contribution in [3.8, 4) is 0 Å². The number of hydrogen-bond donors (Lipinski definition) is 2. The molecule has 0 aliphatic heterocycles. The summed E-state index contributed by atoms with van der Waals surface area (Å²) in [5.74, 6) is -0.187. The van der Waals surface area contributed by atoms with Gasteiger partial charge in [0.05, 0.1) is 13.7 Å². The number of hydroxylamine groups is 1. The molecule has 0 fully saturated rings. The van der Waals surface area contributed by atoms with Gasteiger partial charge in [-0.15, -0.1) is 0 Å². The predicted molar refractivity (Wildman–Crippen MR) is 51.1 cm³/mol. The summed E-state index contributed by atoms with van der Waals surface area (Å²) in [5.41, 5.74) is 0.211. The monoisotopic (exact) mass is 215 g/mol. The van der Waals surface area contributed by atoms with Crippen LogP contribution < -0.4 is 5.06 Å². The highest BCUT2D eigenvalue weighted by Crippen LogP contribution is 2.11. The molecule has 1 rings (SSSR count). The van der Waals surface area contributed by atoms with Crippen LogP contribution in [0.1, 0.15) is 17.4 Å².